The molecule has 1 aliphatic heterocycles. The molecule has 164 valence electrons. The molecule has 11 heteroatoms. The van der Waals surface area contributed by atoms with E-state index in [9.17, 15) is 14.5 Å². The summed E-state index contributed by atoms with van der Waals surface area (Å²) >= 11 is 12.1. The largest absolute Gasteiger partial charge is 0.462 e. The van der Waals surface area contributed by atoms with Gasteiger partial charge in [0, 0.05) is 6.42 Å². The maximum atomic E-state index is 13.3. The van der Waals surface area contributed by atoms with Crippen molar-refractivity contribution < 1.29 is 33.0 Å². The number of hydrogen-bond acceptors (Lipinski definition) is 7. The van der Waals surface area contributed by atoms with Gasteiger partial charge in [-0.1, -0.05) is 41.4 Å². The van der Waals surface area contributed by atoms with Crippen LogP contribution < -0.4 is 9.61 Å². The predicted octanol–water partition coefficient (Wildman–Crippen LogP) is 3.44. The summed E-state index contributed by atoms with van der Waals surface area (Å²) in [5, 5.41) is 12.8. The molecule has 0 amide bonds. The second-order valence-electron chi connectivity index (χ2n) is 6.90. The molecule has 1 saturated heterocycles. The molecule has 2 rings (SSSR count). The number of benzene rings is 1. The SMILES string of the molecule is CC(C)OC(=O)C(C)NP(=O)(OCC1OCCC(Cl)(Cl)C1O)Oc1ccccc1. The van der Waals surface area contributed by atoms with Gasteiger partial charge in [-0.2, -0.15) is 5.09 Å². The highest BCUT2D eigenvalue weighted by Crippen LogP contribution is 2.46. The summed E-state index contributed by atoms with van der Waals surface area (Å²) in [5.41, 5.74) is 0. The molecule has 29 heavy (non-hydrogen) atoms. The molecule has 1 aromatic rings. The number of hydrogen-bond donors (Lipinski definition) is 2. The molecule has 1 fully saturated rings. The van der Waals surface area contributed by atoms with Crippen molar-refractivity contribution >= 4 is 36.9 Å². The number of aliphatic hydroxyl groups is 1. The highest BCUT2D eigenvalue weighted by molar-refractivity contribution is 7.52. The van der Waals surface area contributed by atoms with E-state index in [0.717, 1.165) is 0 Å². The van der Waals surface area contributed by atoms with Crippen LogP contribution in [-0.2, 0) is 23.4 Å². The molecular formula is C18H26Cl2NO7P. The zero-order valence-electron chi connectivity index (χ0n) is 16.4. The fourth-order valence-corrected chi connectivity index (χ4v) is 4.44. The Balaban J connectivity index is 2.11. The lowest BCUT2D eigenvalue weighted by Crippen LogP contribution is -2.50. The standard InChI is InChI=1S/C18H26Cl2NO7P/c1-12(2)27-17(23)13(3)21-29(24,28-14-7-5-4-6-8-14)26-11-15-16(22)18(19,20)9-10-25-15/h4-8,12-13,15-16,22H,9-11H2,1-3H3,(H,21,24). The first-order valence-corrected chi connectivity index (χ1v) is 11.5. The van der Waals surface area contributed by atoms with Crippen LogP contribution in [0.15, 0.2) is 30.3 Å². The summed E-state index contributed by atoms with van der Waals surface area (Å²) in [4.78, 5) is 12.1. The van der Waals surface area contributed by atoms with Crippen LogP contribution in [-0.4, -0.2) is 53.0 Å². The van der Waals surface area contributed by atoms with E-state index >= 15 is 0 Å². The van der Waals surface area contributed by atoms with Gasteiger partial charge in [0.1, 0.15) is 28.3 Å². The number of aliphatic hydroxyl groups excluding tert-OH is 1. The minimum Gasteiger partial charge on any atom is -0.462 e. The van der Waals surface area contributed by atoms with E-state index in [1.807, 2.05) is 0 Å². The normalized spacial score (nSPS) is 24.5. The minimum atomic E-state index is -4.06. The van der Waals surface area contributed by atoms with Crippen LogP contribution in [0.3, 0.4) is 0 Å². The number of halogens is 2. The maximum absolute atomic E-state index is 13.3. The van der Waals surface area contributed by atoms with Gasteiger partial charge in [-0.05, 0) is 32.9 Å². The van der Waals surface area contributed by atoms with E-state index in [4.69, 9.17) is 41.7 Å². The van der Waals surface area contributed by atoms with Crippen LogP contribution in [0, 0.1) is 0 Å². The molecule has 0 radical (unpaired) electrons. The second-order valence-corrected chi connectivity index (χ2v) is 10.1. The fraction of sp³-hybridized carbons (Fsp3) is 0.611. The molecule has 1 aliphatic rings. The minimum absolute atomic E-state index is 0.201. The molecule has 1 aromatic carbocycles. The zero-order chi connectivity index (χ0) is 21.7. The van der Waals surface area contributed by atoms with E-state index in [2.05, 4.69) is 5.09 Å². The lowest BCUT2D eigenvalue weighted by Gasteiger charge is -2.37. The Kier molecular flexibility index (Phi) is 8.79. The van der Waals surface area contributed by atoms with Crippen molar-refractivity contribution in [3.63, 3.8) is 0 Å². The van der Waals surface area contributed by atoms with Gasteiger partial charge in [-0.15, -0.1) is 0 Å². The fourth-order valence-electron chi connectivity index (χ4n) is 2.50. The van der Waals surface area contributed by atoms with Crippen molar-refractivity contribution in [1.29, 1.82) is 0 Å². The number of rotatable bonds is 9. The number of esters is 1. The van der Waals surface area contributed by atoms with Crippen LogP contribution >= 0.6 is 30.9 Å². The van der Waals surface area contributed by atoms with Gasteiger partial charge >= 0.3 is 13.7 Å². The first-order chi connectivity index (χ1) is 13.5. The van der Waals surface area contributed by atoms with Crippen LogP contribution in [0.1, 0.15) is 27.2 Å². The lowest BCUT2D eigenvalue weighted by atomic mass is 10.1. The van der Waals surface area contributed by atoms with E-state index in [1.54, 1.807) is 44.2 Å². The molecule has 0 spiro atoms. The van der Waals surface area contributed by atoms with E-state index in [-0.39, 0.29) is 31.5 Å². The van der Waals surface area contributed by atoms with Gasteiger partial charge in [-0.25, -0.2) is 4.57 Å². The first kappa shape index (κ1) is 24.4. The molecule has 2 N–H and O–H groups in total. The Morgan fingerprint density at radius 2 is 2.00 bits per heavy atom. The molecule has 0 aromatic heterocycles. The average Bonchev–Trinajstić information content (AvgIpc) is 2.63. The Morgan fingerprint density at radius 3 is 2.62 bits per heavy atom. The summed E-state index contributed by atoms with van der Waals surface area (Å²) in [7, 11) is -4.06. The third kappa shape index (κ3) is 7.40. The molecule has 4 unspecified atom stereocenters. The highest BCUT2D eigenvalue weighted by atomic mass is 35.5. The zero-order valence-corrected chi connectivity index (χ0v) is 18.8. The number of nitrogens with one attached hydrogen (secondary N) is 1. The number of para-hydroxylation sites is 1. The van der Waals surface area contributed by atoms with Crippen molar-refractivity contribution in [2.45, 2.75) is 55.9 Å². The lowest BCUT2D eigenvalue weighted by molar-refractivity contribution is -0.149. The summed E-state index contributed by atoms with van der Waals surface area (Å²) in [6.45, 7) is 4.75. The van der Waals surface area contributed by atoms with Crippen LogP contribution in [0.4, 0.5) is 0 Å². The Bertz CT molecular complexity index is 719. The third-order valence-electron chi connectivity index (χ3n) is 3.99. The Morgan fingerprint density at radius 1 is 1.34 bits per heavy atom. The second kappa shape index (κ2) is 10.4. The average molecular weight is 470 g/mol. The molecular weight excluding hydrogens is 444 g/mol. The van der Waals surface area contributed by atoms with Crippen molar-refractivity contribution in [3.8, 4) is 5.75 Å². The van der Waals surface area contributed by atoms with Crippen LogP contribution in [0.5, 0.6) is 5.75 Å². The topological polar surface area (TPSA) is 103 Å². The monoisotopic (exact) mass is 469 g/mol. The Hall–Kier alpha value is -0.860. The summed E-state index contributed by atoms with van der Waals surface area (Å²) in [6, 6.07) is 7.34. The Labute approximate surface area is 180 Å². The highest BCUT2D eigenvalue weighted by Gasteiger charge is 2.44. The third-order valence-corrected chi connectivity index (χ3v) is 6.46. The molecule has 1 heterocycles. The van der Waals surface area contributed by atoms with Gasteiger partial charge in [0.25, 0.3) is 0 Å². The van der Waals surface area contributed by atoms with E-state index < -0.39 is 36.3 Å². The predicted molar refractivity (Wildman–Crippen MR) is 109 cm³/mol. The van der Waals surface area contributed by atoms with Gasteiger partial charge in [0.05, 0.1) is 19.3 Å². The van der Waals surface area contributed by atoms with Gasteiger partial charge < -0.3 is 19.1 Å². The van der Waals surface area contributed by atoms with Crippen molar-refractivity contribution in [1.82, 2.24) is 5.09 Å². The summed E-state index contributed by atoms with van der Waals surface area (Å²) in [6.07, 6.45) is -2.28. The molecule has 8 nitrogen and oxygen atoms in total. The number of ether oxygens (including phenoxy) is 2. The number of carbonyl (C=O) groups is 1. The van der Waals surface area contributed by atoms with Gasteiger partial charge in [0.2, 0.25) is 0 Å². The summed E-state index contributed by atoms with van der Waals surface area (Å²) in [5.74, 6) is -0.350. The van der Waals surface area contributed by atoms with Crippen LogP contribution in [0.2, 0.25) is 0 Å². The van der Waals surface area contributed by atoms with Crippen molar-refractivity contribution in [2.24, 2.45) is 0 Å². The van der Waals surface area contributed by atoms with Crippen molar-refractivity contribution in [3.05, 3.63) is 30.3 Å². The van der Waals surface area contributed by atoms with Crippen LogP contribution in [0.25, 0.3) is 0 Å². The number of carbonyl (C=O) groups excluding carboxylic acids is 1. The van der Waals surface area contributed by atoms with E-state index in [0.29, 0.717) is 0 Å². The smallest absolute Gasteiger partial charge is 0.459 e. The summed E-state index contributed by atoms with van der Waals surface area (Å²) < 4.78 is 33.5. The molecule has 0 aliphatic carbocycles. The quantitative estimate of drug-likeness (QED) is 0.322. The molecule has 0 bridgehead atoms. The van der Waals surface area contributed by atoms with Gasteiger partial charge in [0.15, 0.2) is 0 Å². The van der Waals surface area contributed by atoms with E-state index in [1.165, 1.54) is 6.92 Å². The molecule has 4 atom stereocenters. The van der Waals surface area contributed by atoms with Gasteiger partial charge in [-0.3, -0.25) is 9.32 Å². The molecule has 0 saturated carbocycles. The number of alkyl halides is 2. The van der Waals surface area contributed by atoms with Crippen molar-refractivity contribution in [2.75, 3.05) is 13.2 Å². The first-order valence-electron chi connectivity index (χ1n) is 9.17. The maximum Gasteiger partial charge on any atom is 0.459 e.